The van der Waals surface area contributed by atoms with Gasteiger partial charge in [-0.3, -0.25) is 9.78 Å². The van der Waals surface area contributed by atoms with E-state index in [1.807, 2.05) is 26.0 Å². The first-order chi connectivity index (χ1) is 9.66. The molecule has 1 atom stereocenters. The molecule has 20 heavy (non-hydrogen) atoms. The number of aromatic nitrogens is 3. The molecule has 0 saturated carbocycles. The van der Waals surface area contributed by atoms with E-state index < -0.39 is 0 Å². The fourth-order valence-electron chi connectivity index (χ4n) is 2.85. The third-order valence-corrected chi connectivity index (χ3v) is 3.88. The van der Waals surface area contributed by atoms with Crippen molar-refractivity contribution in [2.75, 3.05) is 0 Å². The van der Waals surface area contributed by atoms with E-state index in [0.29, 0.717) is 11.3 Å². The topological polar surface area (TPSA) is 55.7 Å². The van der Waals surface area contributed by atoms with Crippen LogP contribution in [0.4, 0.5) is 0 Å². The second kappa shape index (κ2) is 5.12. The van der Waals surface area contributed by atoms with Crippen molar-refractivity contribution in [1.29, 1.82) is 0 Å². The van der Waals surface area contributed by atoms with E-state index >= 15 is 0 Å². The fourth-order valence-corrected chi connectivity index (χ4v) is 2.85. The summed E-state index contributed by atoms with van der Waals surface area (Å²) in [6.45, 7) is 3.69. The van der Waals surface area contributed by atoms with Gasteiger partial charge in [0.2, 0.25) is 0 Å². The third kappa shape index (κ3) is 2.22. The highest BCUT2D eigenvalue weighted by Crippen LogP contribution is 2.32. The van der Waals surface area contributed by atoms with Crippen molar-refractivity contribution in [2.45, 2.75) is 39.0 Å². The van der Waals surface area contributed by atoms with Gasteiger partial charge in [-0.1, -0.05) is 6.07 Å². The number of ketones is 1. The number of pyridine rings is 1. The van der Waals surface area contributed by atoms with E-state index in [1.165, 1.54) is 5.56 Å². The van der Waals surface area contributed by atoms with Gasteiger partial charge in [0.15, 0.2) is 5.78 Å². The lowest BCUT2D eigenvalue weighted by Crippen LogP contribution is -2.21. The molecule has 1 aliphatic carbocycles. The number of aryl methyl sites for hydroxylation is 3. The quantitative estimate of drug-likeness (QED) is 0.785. The highest BCUT2D eigenvalue weighted by Gasteiger charge is 2.29. The Balaban J connectivity index is 2.02. The minimum absolute atomic E-state index is 0.125. The molecule has 2 aromatic rings. The molecule has 2 aromatic heterocycles. The van der Waals surface area contributed by atoms with Crippen LogP contribution in [-0.4, -0.2) is 21.0 Å². The van der Waals surface area contributed by atoms with Crippen molar-refractivity contribution in [3.8, 4) is 0 Å². The molecule has 0 aromatic carbocycles. The molecular weight excluding hydrogens is 250 g/mol. The van der Waals surface area contributed by atoms with Gasteiger partial charge in [-0.05, 0) is 50.8 Å². The molecule has 0 saturated heterocycles. The van der Waals surface area contributed by atoms with Gasteiger partial charge in [-0.15, -0.1) is 0 Å². The van der Waals surface area contributed by atoms with Crippen molar-refractivity contribution in [2.24, 2.45) is 0 Å². The van der Waals surface area contributed by atoms with Crippen LogP contribution in [-0.2, 0) is 6.42 Å². The standard InChI is InChI=1S/C16H17N3O/c1-10-9-14(11(2)19-18-10)16(20)13-7-3-5-12-6-4-8-17-15(12)13/h4,6,8-9,13H,3,5,7H2,1-2H3. The van der Waals surface area contributed by atoms with Crippen LogP contribution in [0.25, 0.3) is 0 Å². The zero-order chi connectivity index (χ0) is 14.1. The fraction of sp³-hybridized carbons (Fsp3) is 0.375. The summed E-state index contributed by atoms with van der Waals surface area (Å²) in [6, 6.07) is 5.85. The molecule has 1 aliphatic rings. The third-order valence-electron chi connectivity index (χ3n) is 3.88. The zero-order valence-electron chi connectivity index (χ0n) is 11.8. The predicted octanol–water partition coefficient (Wildman–Crippen LogP) is 2.79. The first-order valence-corrected chi connectivity index (χ1v) is 6.95. The number of carbonyl (C=O) groups is 1. The maximum absolute atomic E-state index is 12.8. The van der Waals surface area contributed by atoms with Gasteiger partial charge in [0.05, 0.1) is 23.0 Å². The van der Waals surface area contributed by atoms with Crippen molar-refractivity contribution in [1.82, 2.24) is 15.2 Å². The molecule has 2 heterocycles. The van der Waals surface area contributed by atoms with Gasteiger partial charge in [0.1, 0.15) is 0 Å². The Bertz CT molecular complexity index is 667. The first kappa shape index (κ1) is 12.9. The maximum atomic E-state index is 12.8. The summed E-state index contributed by atoms with van der Waals surface area (Å²) in [5, 5.41) is 8.05. The van der Waals surface area contributed by atoms with Gasteiger partial charge < -0.3 is 0 Å². The Morgan fingerprint density at radius 2 is 2.15 bits per heavy atom. The summed E-state index contributed by atoms with van der Waals surface area (Å²) < 4.78 is 0. The Labute approximate surface area is 118 Å². The summed E-state index contributed by atoms with van der Waals surface area (Å²) in [4.78, 5) is 17.3. The van der Waals surface area contributed by atoms with E-state index in [2.05, 4.69) is 21.2 Å². The number of nitrogens with zero attached hydrogens (tertiary/aromatic N) is 3. The van der Waals surface area contributed by atoms with Crippen LogP contribution < -0.4 is 0 Å². The van der Waals surface area contributed by atoms with Gasteiger partial charge >= 0.3 is 0 Å². The van der Waals surface area contributed by atoms with Crippen molar-refractivity contribution >= 4 is 5.78 Å². The smallest absolute Gasteiger partial charge is 0.173 e. The van der Waals surface area contributed by atoms with E-state index in [0.717, 1.165) is 30.7 Å². The molecule has 1 unspecified atom stereocenters. The highest BCUT2D eigenvalue weighted by molar-refractivity contribution is 6.01. The van der Waals surface area contributed by atoms with Crippen LogP contribution in [0, 0.1) is 13.8 Å². The van der Waals surface area contributed by atoms with Crippen LogP contribution in [0.1, 0.15) is 51.8 Å². The summed E-state index contributed by atoms with van der Waals surface area (Å²) >= 11 is 0. The predicted molar refractivity (Wildman–Crippen MR) is 75.8 cm³/mol. The maximum Gasteiger partial charge on any atom is 0.173 e. The average molecular weight is 267 g/mol. The molecule has 0 radical (unpaired) electrons. The lowest BCUT2D eigenvalue weighted by molar-refractivity contribution is 0.0947. The zero-order valence-corrected chi connectivity index (χ0v) is 11.8. The summed E-state index contributed by atoms with van der Waals surface area (Å²) in [7, 11) is 0. The Morgan fingerprint density at radius 1 is 1.30 bits per heavy atom. The van der Waals surface area contributed by atoms with Crippen molar-refractivity contribution < 1.29 is 4.79 Å². The number of fused-ring (bicyclic) bond motifs is 1. The number of hydrogen-bond donors (Lipinski definition) is 0. The van der Waals surface area contributed by atoms with Crippen LogP contribution in [0.3, 0.4) is 0 Å². The molecular formula is C16H17N3O. The van der Waals surface area contributed by atoms with Crippen molar-refractivity contribution in [3.63, 3.8) is 0 Å². The van der Waals surface area contributed by atoms with Crippen LogP contribution in [0.2, 0.25) is 0 Å². The number of rotatable bonds is 2. The largest absolute Gasteiger partial charge is 0.293 e. The van der Waals surface area contributed by atoms with Crippen molar-refractivity contribution in [3.05, 3.63) is 52.6 Å². The van der Waals surface area contributed by atoms with Crippen LogP contribution in [0.5, 0.6) is 0 Å². The molecule has 3 rings (SSSR count). The Morgan fingerprint density at radius 3 is 3.00 bits per heavy atom. The molecule has 4 heteroatoms. The molecule has 0 spiro atoms. The summed E-state index contributed by atoms with van der Waals surface area (Å²) in [5.41, 5.74) is 4.30. The van der Waals surface area contributed by atoms with Gasteiger partial charge in [-0.2, -0.15) is 10.2 Å². The average Bonchev–Trinajstić information content (AvgIpc) is 2.48. The molecule has 102 valence electrons. The lowest BCUT2D eigenvalue weighted by atomic mass is 9.82. The molecule has 0 aliphatic heterocycles. The Kier molecular flexibility index (Phi) is 3.30. The summed E-state index contributed by atoms with van der Waals surface area (Å²) in [5.74, 6) is -0.0117. The van der Waals surface area contributed by atoms with Crippen LogP contribution >= 0.6 is 0 Å². The molecule has 0 fully saturated rings. The van der Waals surface area contributed by atoms with Gasteiger partial charge in [-0.25, -0.2) is 0 Å². The minimum atomic E-state index is -0.137. The highest BCUT2D eigenvalue weighted by atomic mass is 16.1. The summed E-state index contributed by atoms with van der Waals surface area (Å²) in [6.07, 6.45) is 4.68. The molecule has 0 amide bonds. The SMILES string of the molecule is Cc1cc(C(=O)C2CCCc3cccnc32)c(C)nn1. The second-order valence-electron chi connectivity index (χ2n) is 5.34. The number of hydrogen-bond acceptors (Lipinski definition) is 4. The van der Waals surface area contributed by atoms with E-state index in [9.17, 15) is 4.79 Å². The Hall–Kier alpha value is -2.10. The second-order valence-corrected chi connectivity index (χ2v) is 5.34. The monoisotopic (exact) mass is 267 g/mol. The van der Waals surface area contributed by atoms with E-state index in [-0.39, 0.29) is 11.7 Å². The molecule has 0 bridgehead atoms. The minimum Gasteiger partial charge on any atom is -0.293 e. The van der Waals surface area contributed by atoms with Crippen LogP contribution in [0.15, 0.2) is 24.4 Å². The van der Waals surface area contributed by atoms with Gasteiger partial charge in [0.25, 0.3) is 0 Å². The lowest BCUT2D eigenvalue weighted by Gasteiger charge is -2.23. The van der Waals surface area contributed by atoms with E-state index in [4.69, 9.17) is 0 Å². The normalized spacial score (nSPS) is 17.6. The number of carbonyl (C=O) groups excluding carboxylic acids is 1. The molecule has 0 N–H and O–H groups in total. The van der Waals surface area contributed by atoms with E-state index in [1.54, 1.807) is 6.20 Å². The first-order valence-electron chi connectivity index (χ1n) is 6.95. The van der Waals surface area contributed by atoms with Gasteiger partial charge in [0, 0.05) is 11.8 Å². The molecule has 4 nitrogen and oxygen atoms in total. The number of Topliss-reactive ketones (excluding diaryl/α,β-unsaturated/α-hetero) is 1.